The van der Waals surface area contributed by atoms with E-state index in [1.165, 1.54) is 19.3 Å². The van der Waals surface area contributed by atoms with E-state index in [0.717, 1.165) is 12.8 Å². The van der Waals surface area contributed by atoms with Gasteiger partial charge in [-0.25, -0.2) is 4.79 Å². The molecule has 0 bridgehead atoms. The van der Waals surface area contributed by atoms with Crippen molar-refractivity contribution in [2.45, 2.75) is 45.1 Å². The fourth-order valence-electron chi connectivity index (χ4n) is 2.51. The Morgan fingerprint density at radius 3 is 2.43 bits per heavy atom. The normalized spacial score (nSPS) is 15.3. The van der Waals surface area contributed by atoms with E-state index in [9.17, 15) is 9.59 Å². The number of hydrogen-bond acceptors (Lipinski definition) is 3. The average molecular weight is 290 g/mol. The molecule has 1 aromatic carbocycles. The molecule has 5 heteroatoms. The van der Waals surface area contributed by atoms with Crippen LogP contribution in [0.5, 0.6) is 0 Å². The summed E-state index contributed by atoms with van der Waals surface area (Å²) in [6, 6.07) is 7.11. The SMILES string of the molecule is CCOC(=O)Nc1ccc(C(=O)NC2CCCCC2)cc1. The van der Waals surface area contributed by atoms with Crippen molar-refractivity contribution in [2.24, 2.45) is 0 Å². The van der Waals surface area contributed by atoms with Crippen LogP contribution in [0.4, 0.5) is 10.5 Å². The molecule has 1 aliphatic carbocycles. The smallest absolute Gasteiger partial charge is 0.411 e. The van der Waals surface area contributed by atoms with Gasteiger partial charge in [0.25, 0.3) is 5.91 Å². The van der Waals surface area contributed by atoms with Gasteiger partial charge in [-0.3, -0.25) is 10.1 Å². The van der Waals surface area contributed by atoms with Crippen LogP contribution >= 0.6 is 0 Å². The van der Waals surface area contributed by atoms with Crippen molar-refractivity contribution < 1.29 is 14.3 Å². The predicted molar refractivity (Wildman–Crippen MR) is 81.4 cm³/mol. The van der Waals surface area contributed by atoms with E-state index >= 15 is 0 Å². The lowest BCUT2D eigenvalue weighted by atomic mass is 9.95. The number of carbonyl (C=O) groups is 2. The Kier molecular flexibility index (Phi) is 5.60. The highest BCUT2D eigenvalue weighted by Gasteiger charge is 2.16. The van der Waals surface area contributed by atoms with E-state index in [2.05, 4.69) is 10.6 Å². The first-order chi connectivity index (χ1) is 10.2. The van der Waals surface area contributed by atoms with Crippen LogP contribution in [0.1, 0.15) is 49.4 Å². The van der Waals surface area contributed by atoms with E-state index in [0.29, 0.717) is 23.9 Å². The maximum Gasteiger partial charge on any atom is 0.411 e. The number of ether oxygens (including phenoxy) is 1. The van der Waals surface area contributed by atoms with Gasteiger partial charge >= 0.3 is 6.09 Å². The molecule has 21 heavy (non-hydrogen) atoms. The summed E-state index contributed by atoms with van der Waals surface area (Å²) in [6.45, 7) is 2.08. The Bertz CT molecular complexity index is 479. The van der Waals surface area contributed by atoms with Gasteiger partial charge in [0, 0.05) is 17.3 Å². The van der Waals surface area contributed by atoms with Gasteiger partial charge in [-0.2, -0.15) is 0 Å². The van der Waals surface area contributed by atoms with Crippen molar-refractivity contribution in [2.75, 3.05) is 11.9 Å². The number of anilines is 1. The van der Waals surface area contributed by atoms with Crippen LogP contribution in [0.15, 0.2) is 24.3 Å². The fraction of sp³-hybridized carbons (Fsp3) is 0.500. The quantitative estimate of drug-likeness (QED) is 0.894. The molecule has 1 aliphatic rings. The van der Waals surface area contributed by atoms with Gasteiger partial charge in [-0.15, -0.1) is 0 Å². The van der Waals surface area contributed by atoms with Gasteiger partial charge < -0.3 is 10.1 Å². The molecule has 2 amide bonds. The molecule has 1 saturated carbocycles. The zero-order valence-electron chi connectivity index (χ0n) is 12.4. The number of hydrogen-bond donors (Lipinski definition) is 2. The average Bonchev–Trinajstić information content (AvgIpc) is 2.49. The Labute approximate surface area is 125 Å². The monoisotopic (exact) mass is 290 g/mol. The highest BCUT2D eigenvalue weighted by Crippen LogP contribution is 2.18. The van der Waals surface area contributed by atoms with Gasteiger partial charge in [-0.1, -0.05) is 19.3 Å². The molecule has 0 heterocycles. The zero-order chi connectivity index (χ0) is 15.1. The second-order valence-corrected chi connectivity index (χ2v) is 5.23. The molecule has 0 radical (unpaired) electrons. The Balaban J connectivity index is 1.88. The third kappa shape index (κ3) is 4.77. The Morgan fingerprint density at radius 1 is 1.14 bits per heavy atom. The van der Waals surface area contributed by atoms with Crippen LogP contribution in [0.2, 0.25) is 0 Å². The zero-order valence-corrected chi connectivity index (χ0v) is 12.4. The number of benzene rings is 1. The molecule has 0 spiro atoms. The summed E-state index contributed by atoms with van der Waals surface area (Å²) in [4.78, 5) is 23.4. The molecule has 1 aromatic rings. The van der Waals surface area contributed by atoms with Crippen molar-refractivity contribution in [3.8, 4) is 0 Å². The molecule has 0 unspecified atom stereocenters. The topological polar surface area (TPSA) is 67.4 Å². The molecule has 0 atom stereocenters. The van der Waals surface area contributed by atoms with Gasteiger partial charge in [0.05, 0.1) is 6.61 Å². The van der Waals surface area contributed by atoms with E-state index in [1.807, 2.05) is 0 Å². The van der Waals surface area contributed by atoms with Crippen LogP contribution in [0.25, 0.3) is 0 Å². The second-order valence-electron chi connectivity index (χ2n) is 5.23. The number of amides is 2. The third-order valence-corrected chi connectivity index (χ3v) is 3.61. The third-order valence-electron chi connectivity index (χ3n) is 3.61. The van der Waals surface area contributed by atoms with Crippen molar-refractivity contribution in [1.82, 2.24) is 5.32 Å². The molecule has 5 nitrogen and oxygen atoms in total. The highest BCUT2D eigenvalue weighted by atomic mass is 16.5. The summed E-state index contributed by atoms with van der Waals surface area (Å²) in [5.74, 6) is -0.0513. The van der Waals surface area contributed by atoms with Gasteiger partial charge in [-0.05, 0) is 44.0 Å². The molecular formula is C16H22N2O3. The van der Waals surface area contributed by atoms with E-state index in [4.69, 9.17) is 4.74 Å². The molecule has 2 N–H and O–H groups in total. The summed E-state index contributed by atoms with van der Waals surface area (Å²) in [6.07, 6.45) is 5.28. The summed E-state index contributed by atoms with van der Waals surface area (Å²) in [5, 5.41) is 5.66. The molecule has 0 saturated heterocycles. The lowest BCUT2D eigenvalue weighted by molar-refractivity contribution is 0.0927. The number of nitrogens with one attached hydrogen (secondary N) is 2. The van der Waals surface area contributed by atoms with E-state index < -0.39 is 6.09 Å². The Morgan fingerprint density at radius 2 is 1.81 bits per heavy atom. The van der Waals surface area contributed by atoms with Crippen LogP contribution in [-0.4, -0.2) is 24.6 Å². The van der Waals surface area contributed by atoms with Gasteiger partial charge in [0.1, 0.15) is 0 Å². The highest BCUT2D eigenvalue weighted by molar-refractivity contribution is 5.95. The summed E-state index contributed by atoms with van der Waals surface area (Å²) in [7, 11) is 0. The maximum atomic E-state index is 12.1. The molecule has 0 aromatic heterocycles. The molecular weight excluding hydrogens is 268 g/mol. The summed E-state index contributed by atoms with van der Waals surface area (Å²) in [5.41, 5.74) is 1.22. The van der Waals surface area contributed by atoms with E-state index in [-0.39, 0.29) is 5.91 Å². The van der Waals surface area contributed by atoms with Crippen molar-refractivity contribution in [3.63, 3.8) is 0 Å². The Hall–Kier alpha value is -2.04. The van der Waals surface area contributed by atoms with Crippen molar-refractivity contribution in [1.29, 1.82) is 0 Å². The minimum absolute atomic E-state index is 0.0513. The van der Waals surface area contributed by atoms with E-state index in [1.54, 1.807) is 31.2 Å². The lowest BCUT2D eigenvalue weighted by Crippen LogP contribution is -2.36. The van der Waals surface area contributed by atoms with Crippen LogP contribution < -0.4 is 10.6 Å². The largest absolute Gasteiger partial charge is 0.450 e. The van der Waals surface area contributed by atoms with Crippen molar-refractivity contribution >= 4 is 17.7 Å². The molecule has 2 rings (SSSR count). The maximum absolute atomic E-state index is 12.1. The molecule has 1 fully saturated rings. The minimum Gasteiger partial charge on any atom is -0.450 e. The lowest BCUT2D eigenvalue weighted by Gasteiger charge is -2.22. The fourth-order valence-corrected chi connectivity index (χ4v) is 2.51. The predicted octanol–water partition coefficient (Wildman–Crippen LogP) is 3.32. The van der Waals surface area contributed by atoms with Crippen LogP contribution in [-0.2, 0) is 4.74 Å². The number of carbonyl (C=O) groups excluding carboxylic acids is 2. The van der Waals surface area contributed by atoms with Gasteiger partial charge in [0.15, 0.2) is 0 Å². The summed E-state index contributed by atoms with van der Waals surface area (Å²) >= 11 is 0. The van der Waals surface area contributed by atoms with Crippen molar-refractivity contribution in [3.05, 3.63) is 29.8 Å². The minimum atomic E-state index is -0.489. The standard InChI is InChI=1S/C16H22N2O3/c1-2-21-16(20)18-14-10-8-12(9-11-14)15(19)17-13-6-4-3-5-7-13/h8-11,13H,2-7H2,1H3,(H,17,19)(H,18,20). The van der Waals surface area contributed by atoms with Crippen LogP contribution in [0, 0.1) is 0 Å². The first kappa shape index (κ1) is 15.4. The number of rotatable bonds is 4. The summed E-state index contributed by atoms with van der Waals surface area (Å²) < 4.78 is 4.79. The first-order valence-corrected chi connectivity index (χ1v) is 7.53. The second kappa shape index (κ2) is 7.67. The molecule has 114 valence electrons. The van der Waals surface area contributed by atoms with Crippen LogP contribution in [0.3, 0.4) is 0 Å². The molecule has 0 aliphatic heterocycles. The van der Waals surface area contributed by atoms with Gasteiger partial charge in [0.2, 0.25) is 0 Å². The first-order valence-electron chi connectivity index (χ1n) is 7.53.